The normalized spacial score (nSPS) is 21.7. The fourth-order valence-corrected chi connectivity index (χ4v) is 3.55. The van der Waals surface area contributed by atoms with E-state index >= 15 is 0 Å². The summed E-state index contributed by atoms with van der Waals surface area (Å²) in [6.07, 6.45) is 13.4. The third-order valence-electron chi connectivity index (χ3n) is 4.56. The van der Waals surface area contributed by atoms with E-state index < -0.39 is 0 Å². The molecule has 2 aromatic rings. The van der Waals surface area contributed by atoms with Crippen molar-refractivity contribution in [1.29, 1.82) is 0 Å². The van der Waals surface area contributed by atoms with Gasteiger partial charge in [0.1, 0.15) is 0 Å². The highest BCUT2D eigenvalue weighted by atomic mass is 35.5. The molecule has 1 aromatic heterocycles. The molecule has 23 heavy (non-hydrogen) atoms. The van der Waals surface area contributed by atoms with Crippen molar-refractivity contribution in [2.24, 2.45) is 5.92 Å². The van der Waals surface area contributed by atoms with Crippen molar-refractivity contribution in [2.75, 3.05) is 0 Å². The van der Waals surface area contributed by atoms with E-state index in [4.69, 9.17) is 23.2 Å². The standard InChI is InChI=1S/C19H20Cl2N2/c1-2-3-13-4-6-14(7-5-13)16-11-22-19(23-12-16)15-8-9-17(20)18(21)10-15/h2-3,8-14H,4-7H2,1H3/b3-2+. The predicted octanol–water partition coefficient (Wildman–Crippen LogP) is 6.30. The van der Waals surface area contributed by atoms with Gasteiger partial charge in [-0.05, 0) is 68.2 Å². The molecule has 0 unspecified atom stereocenters. The Labute approximate surface area is 147 Å². The number of nitrogens with zero attached hydrogens (tertiary/aromatic N) is 2. The lowest BCUT2D eigenvalue weighted by Gasteiger charge is -2.26. The number of rotatable bonds is 3. The Bertz CT molecular complexity index is 687. The molecule has 0 N–H and O–H groups in total. The van der Waals surface area contributed by atoms with Crippen molar-refractivity contribution in [3.63, 3.8) is 0 Å². The second-order valence-corrected chi connectivity index (χ2v) is 6.92. The summed E-state index contributed by atoms with van der Waals surface area (Å²) in [4.78, 5) is 9.05. The van der Waals surface area contributed by atoms with E-state index in [1.807, 2.05) is 18.5 Å². The molecule has 0 bridgehead atoms. The van der Waals surface area contributed by atoms with Crippen molar-refractivity contribution in [1.82, 2.24) is 9.97 Å². The van der Waals surface area contributed by atoms with Gasteiger partial charge in [0.05, 0.1) is 10.0 Å². The third kappa shape index (κ3) is 3.94. The predicted molar refractivity (Wildman–Crippen MR) is 97.0 cm³/mol. The van der Waals surface area contributed by atoms with Crippen LogP contribution >= 0.6 is 23.2 Å². The summed E-state index contributed by atoms with van der Waals surface area (Å²) in [5.41, 5.74) is 2.13. The first-order valence-corrected chi connectivity index (χ1v) is 8.83. The summed E-state index contributed by atoms with van der Waals surface area (Å²) in [7, 11) is 0. The molecule has 0 radical (unpaired) electrons. The SMILES string of the molecule is C/C=C/C1CCC(c2cnc(-c3ccc(Cl)c(Cl)c3)nc2)CC1. The molecule has 0 atom stereocenters. The zero-order valence-corrected chi connectivity index (χ0v) is 14.7. The van der Waals surface area contributed by atoms with Gasteiger partial charge in [0.15, 0.2) is 5.82 Å². The minimum atomic E-state index is 0.527. The van der Waals surface area contributed by atoms with Crippen LogP contribution in [0.1, 0.15) is 44.1 Å². The molecule has 1 heterocycles. The average Bonchev–Trinajstić information content (AvgIpc) is 2.59. The lowest BCUT2D eigenvalue weighted by molar-refractivity contribution is 0.375. The first-order chi connectivity index (χ1) is 11.2. The topological polar surface area (TPSA) is 25.8 Å². The van der Waals surface area contributed by atoms with E-state index in [-0.39, 0.29) is 0 Å². The third-order valence-corrected chi connectivity index (χ3v) is 5.30. The van der Waals surface area contributed by atoms with Crippen LogP contribution < -0.4 is 0 Å². The molecular formula is C19H20Cl2N2. The molecule has 1 fully saturated rings. The Balaban J connectivity index is 1.71. The first kappa shape index (κ1) is 16.5. The van der Waals surface area contributed by atoms with Crippen LogP contribution in [0.25, 0.3) is 11.4 Å². The van der Waals surface area contributed by atoms with E-state index in [2.05, 4.69) is 29.0 Å². The number of halogens is 2. The lowest BCUT2D eigenvalue weighted by Crippen LogP contribution is -2.12. The van der Waals surface area contributed by atoms with Crippen LogP contribution in [0.3, 0.4) is 0 Å². The summed E-state index contributed by atoms with van der Waals surface area (Å²) < 4.78 is 0. The van der Waals surface area contributed by atoms with Crippen LogP contribution in [-0.2, 0) is 0 Å². The molecule has 1 saturated carbocycles. The number of benzene rings is 1. The van der Waals surface area contributed by atoms with Gasteiger partial charge < -0.3 is 0 Å². The second kappa shape index (κ2) is 7.46. The van der Waals surface area contributed by atoms with Crippen molar-refractivity contribution in [2.45, 2.75) is 38.5 Å². The Morgan fingerprint density at radius 2 is 1.70 bits per heavy atom. The highest BCUT2D eigenvalue weighted by Crippen LogP contribution is 2.36. The molecule has 0 saturated heterocycles. The molecule has 1 aliphatic rings. The lowest BCUT2D eigenvalue weighted by atomic mass is 9.79. The van der Waals surface area contributed by atoms with Gasteiger partial charge in [0.2, 0.25) is 0 Å². The number of allylic oxidation sites excluding steroid dienone is 2. The number of hydrogen-bond acceptors (Lipinski definition) is 2. The molecule has 1 aromatic carbocycles. The van der Waals surface area contributed by atoms with Crippen LogP contribution in [0, 0.1) is 5.92 Å². The van der Waals surface area contributed by atoms with Crippen molar-refractivity contribution in [3.8, 4) is 11.4 Å². The molecule has 2 nitrogen and oxygen atoms in total. The van der Waals surface area contributed by atoms with Gasteiger partial charge >= 0.3 is 0 Å². The number of hydrogen-bond donors (Lipinski definition) is 0. The smallest absolute Gasteiger partial charge is 0.159 e. The molecule has 4 heteroatoms. The van der Waals surface area contributed by atoms with E-state index in [0.29, 0.717) is 21.8 Å². The summed E-state index contributed by atoms with van der Waals surface area (Å²) in [6, 6.07) is 5.48. The summed E-state index contributed by atoms with van der Waals surface area (Å²) in [5, 5.41) is 1.07. The summed E-state index contributed by atoms with van der Waals surface area (Å²) in [5.74, 6) is 2.02. The summed E-state index contributed by atoms with van der Waals surface area (Å²) >= 11 is 12.0. The second-order valence-electron chi connectivity index (χ2n) is 6.11. The van der Waals surface area contributed by atoms with Crippen LogP contribution in [0.5, 0.6) is 0 Å². The molecule has 0 amide bonds. The Hall–Kier alpha value is -1.38. The number of aromatic nitrogens is 2. The maximum atomic E-state index is 6.06. The minimum Gasteiger partial charge on any atom is -0.236 e. The fraction of sp³-hybridized carbons (Fsp3) is 0.368. The van der Waals surface area contributed by atoms with E-state index in [1.54, 1.807) is 12.1 Å². The molecule has 120 valence electrons. The Kier molecular flexibility index (Phi) is 5.34. The molecule has 0 aliphatic heterocycles. The van der Waals surface area contributed by atoms with Gasteiger partial charge in [-0.2, -0.15) is 0 Å². The maximum Gasteiger partial charge on any atom is 0.159 e. The monoisotopic (exact) mass is 346 g/mol. The van der Waals surface area contributed by atoms with Crippen molar-refractivity contribution < 1.29 is 0 Å². The minimum absolute atomic E-state index is 0.527. The first-order valence-electron chi connectivity index (χ1n) is 8.07. The zero-order chi connectivity index (χ0) is 16.2. The highest BCUT2D eigenvalue weighted by Gasteiger charge is 2.21. The maximum absolute atomic E-state index is 6.06. The van der Waals surface area contributed by atoms with Gasteiger partial charge in [-0.15, -0.1) is 0 Å². The zero-order valence-electron chi connectivity index (χ0n) is 13.2. The highest BCUT2D eigenvalue weighted by molar-refractivity contribution is 6.42. The van der Waals surface area contributed by atoms with Gasteiger partial charge in [-0.3, -0.25) is 0 Å². The van der Waals surface area contributed by atoms with Gasteiger partial charge in [0, 0.05) is 18.0 Å². The van der Waals surface area contributed by atoms with E-state index in [0.717, 1.165) is 11.5 Å². The molecule has 0 spiro atoms. The summed E-state index contributed by atoms with van der Waals surface area (Å²) in [6.45, 7) is 2.10. The molecule has 1 aliphatic carbocycles. The van der Waals surface area contributed by atoms with Gasteiger partial charge in [0.25, 0.3) is 0 Å². The van der Waals surface area contributed by atoms with Crippen LogP contribution in [-0.4, -0.2) is 9.97 Å². The molecule has 3 rings (SSSR count). The van der Waals surface area contributed by atoms with Crippen LogP contribution in [0.2, 0.25) is 10.0 Å². The van der Waals surface area contributed by atoms with Gasteiger partial charge in [-0.25, -0.2) is 9.97 Å². The van der Waals surface area contributed by atoms with E-state index in [1.165, 1.54) is 31.2 Å². The average molecular weight is 347 g/mol. The van der Waals surface area contributed by atoms with E-state index in [9.17, 15) is 0 Å². The van der Waals surface area contributed by atoms with Crippen LogP contribution in [0.15, 0.2) is 42.7 Å². The van der Waals surface area contributed by atoms with Gasteiger partial charge in [-0.1, -0.05) is 35.4 Å². The molecular weight excluding hydrogens is 327 g/mol. The largest absolute Gasteiger partial charge is 0.236 e. The quantitative estimate of drug-likeness (QED) is 0.609. The van der Waals surface area contributed by atoms with Crippen molar-refractivity contribution >= 4 is 23.2 Å². The Morgan fingerprint density at radius 3 is 2.30 bits per heavy atom. The Morgan fingerprint density at radius 1 is 1.00 bits per heavy atom. The van der Waals surface area contributed by atoms with Crippen LogP contribution in [0.4, 0.5) is 0 Å². The van der Waals surface area contributed by atoms with Crippen molar-refractivity contribution in [3.05, 3.63) is 58.4 Å². The fourth-order valence-electron chi connectivity index (χ4n) is 3.25.